The summed E-state index contributed by atoms with van der Waals surface area (Å²) in [6.07, 6.45) is 8.60. The van der Waals surface area contributed by atoms with E-state index >= 15 is 0 Å². The Hall–Kier alpha value is -3.40. The van der Waals surface area contributed by atoms with E-state index in [4.69, 9.17) is 0 Å². The van der Waals surface area contributed by atoms with Gasteiger partial charge < -0.3 is 9.67 Å². The Balaban J connectivity index is 1.48. The lowest BCUT2D eigenvalue weighted by Crippen LogP contribution is -2.04. The van der Waals surface area contributed by atoms with Crippen molar-refractivity contribution in [1.82, 2.24) is 9.55 Å². The van der Waals surface area contributed by atoms with E-state index in [0.29, 0.717) is 17.9 Å². The molecule has 0 unspecified atom stereocenters. The van der Waals surface area contributed by atoms with Crippen LogP contribution in [0.5, 0.6) is 0 Å². The molecule has 2 aromatic carbocycles. The fourth-order valence-corrected chi connectivity index (χ4v) is 3.86. The van der Waals surface area contributed by atoms with Gasteiger partial charge in [-0.05, 0) is 78.3 Å². The fourth-order valence-electron chi connectivity index (χ4n) is 3.86. The Kier molecular flexibility index (Phi) is 3.97. The molecule has 28 heavy (non-hydrogen) atoms. The third-order valence-corrected chi connectivity index (χ3v) is 5.49. The second-order valence-electron chi connectivity index (χ2n) is 7.46. The molecule has 1 N–H and O–H groups in total. The molecule has 0 amide bonds. The molecule has 1 fully saturated rings. The molecule has 4 heteroatoms. The number of carbonyl (C=O) groups is 1. The molecule has 0 aliphatic heterocycles. The van der Waals surface area contributed by atoms with E-state index in [9.17, 15) is 9.90 Å². The van der Waals surface area contributed by atoms with Crippen LogP contribution in [0, 0.1) is 0 Å². The summed E-state index contributed by atoms with van der Waals surface area (Å²) in [5.41, 5.74) is 5.69. The molecule has 0 spiro atoms. The maximum atomic E-state index is 11.8. The normalized spacial score (nSPS) is 13.7. The Bertz CT molecular complexity index is 1170. The van der Waals surface area contributed by atoms with Crippen molar-refractivity contribution in [2.75, 3.05) is 0 Å². The lowest BCUT2D eigenvalue weighted by molar-refractivity contribution is 0.0695. The fraction of sp³-hybridized carbons (Fsp3) is 0.167. The molecule has 2 aromatic heterocycles. The van der Waals surface area contributed by atoms with E-state index in [1.54, 1.807) is 6.20 Å². The van der Waals surface area contributed by atoms with Crippen LogP contribution < -0.4 is 0 Å². The Morgan fingerprint density at radius 3 is 2.75 bits per heavy atom. The van der Waals surface area contributed by atoms with E-state index in [-0.39, 0.29) is 0 Å². The minimum absolute atomic E-state index is 0.428. The molecule has 138 valence electrons. The first-order valence-electron chi connectivity index (χ1n) is 9.55. The minimum atomic E-state index is -0.846. The molecule has 4 aromatic rings. The maximum Gasteiger partial charge on any atom is 0.335 e. The van der Waals surface area contributed by atoms with Gasteiger partial charge in [-0.1, -0.05) is 18.2 Å². The van der Waals surface area contributed by atoms with Gasteiger partial charge in [-0.25, -0.2) is 4.79 Å². The molecule has 0 atom stereocenters. The Morgan fingerprint density at radius 1 is 1.11 bits per heavy atom. The van der Waals surface area contributed by atoms with Crippen LogP contribution in [0.15, 0.2) is 73.2 Å². The lowest BCUT2D eigenvalue weighted by atomic mass is 9.96. The first-order chi connectivity index (χ1) is 13.7. The van der Waals surface area contributed by atoms with Crippen molar-refractivity contribution in [3.63, 3.8) is 0 Å². The van der Waals surface area contributed by atoms with Crippen LogP contribution in [0.1, 0.15) is 45.8 Å². The number of carboxylic acids is 1. The zero-order valence-electron chi connectivity index (χ0n) is 15.4. The molecule has 0 saturated heterocycles. The van der Waals surface area contributed by atoms with Gasteiger partial charge in [0.05, 0.1) is 23.0 Å². The second kappa shape index (κ2) is 6.64. The predicted molar refractivity (Wildman–Crippen MR) is 109 cm³/mol. The van der Waals surface area contributed by atoms with Gasteiger partial charge in [0, 0.05) is 17.8 Å². The summed E-state index contributed by atoms with van der Waals surface area (Å²) in [5.74, 6) is -0.294. The number of fused-ring (bicyclic) bond motifs is 1. The molecule has 1 saturated carbocycles. The molecule has 0 radical (unpaired) electrons. The highest BCUT2D eigenvalue weighted by Gasteiger charge is 2.25. The molecule has 5 rings (SSSR count). The third kappa shape index (κ3) is 3.07. The van der Waals surface area contributed by atoms with Gasteiger partial charge >= 0.3 is 5.97 Å². The van der Waals surface area contributed by atoms with Gasteiger partial charge in [0.25, 0.3) is 0 Å². The summed E-state index contributed by atoms with van der Waals surface area (Å²) in [6.45, 7) is 0. The van der Waals surface area contributed by atoms with Crippen LogP contribution in [-0.4, -0.2) is 20.6 Å². The van der Waals surface area contributed by atoms with Crippen molar-refractivity contribution in [3.8, 4) is 5.69 Å². The van der Waals surface area contributed by atoms with Crippen LogP contribution in [0.3, 0.4) is 0 Å². The zero-order valence-corrected chi connectivity index (χ0v) is 15.4. The lowest BCUT2D eigenvalue weighted by Gasteiger charge is -2.10. The van der Waals surface area contributed by atoms with Crippen LogP contribution >= 0.6 is 0 Å². The highest BCUT2D eigenvalue weighted by molar-refractivity contribution is 5.90. The summed E-state index contributed by atoms with van der Waals surface area (Å²) >= 11 is 0. The largest absolute Gasteiger partial charge is 0.478 e. The number of rotatable bonds is 5. The monoisotopic (exact) mass is 368 g/mol. The van der Waals surface area contributed by atoms with Crippen molar-refractivity contribution < 1.29 is 9.90 Å². The summed E-state index contributed by atoms with van der Waals surface area (Å²) < 4.78 is 2.11. The van der Waals surface area contributed by atoms with Crippen LogP contribution in [-0.2, 0) is 6.42 Å². The molecule has 1 aliphatic rings. The van der Waals surface area contributed by atoms with Gasteiger partial charge in [-0.15, -0.1) is 0 Å². The van der Waals surface area contributed by atoms with Gasteiger partial charge in [0.2, 0.25) is 0 Å². The molecule has 2 heterocycles. The summed E-state index contributed by atoms with van der Waals surface area (Å²) in [4.78, 5) is 16.0. The summed E-state index contributed by atoms with van der Waals surface area (Å²) in [7, 11) is 0. The minimum Gasteiger partial charge on any atom is -0.478 e. The van der Waals surface area contributed by atoms with Crippen molar-refractivity contribution in [2.45, 2.75) is 25.2 Å². The van der Waals surface area contributed by atoms with E-state index in [0.717, 1.165) is 33.3 Å². The first-order valence-corrected chi connectivity index (χ1v) is 9.55. The van der Waals surface area contributed by atoms with Crippen molar-refractivity contribution in [2.24, 2.45) is 0 Å². The number of hydrogen-bond donors (Lipinski definition) is 1. The average molecular weight is 368 g/mol. The number of nitrogens with zero attached hydrogens (tertiary/aromatic N) is 2. The number of aromatic carboxylic acids is 1. The smallest absolute Gasteiger partial charge is 0.335 e. The van der Waals surface area contributed by atoms with E-state index < -0.39 is 5.97 Å². The third-order valence-electron chi connectivity index (χ3n) is 5.49. The van der Waals surface area contributed by atoms with Gasteiger partial charge in [-0.3, -0.25) is 4.98 Å². The van der Waals surface area contributed by atoms with Crippen molar-refractivity contribution >= 4 is 16.9 Å². The van der Waals surface area contributed by atoms with Crippen molar-refractivity contribution in [3.05, 3.63) is 95.4 Å². The van der Waals surface area contributed by atoms with Crippen LogP contribution in [0.25, 0.3) is 16.6 Å². The number of pyridine rings is 1. The highest BCUT2D eigenvalue weighted by atomic mass is 16.4. The standard InChI is InChI=1S/C24H20N2O2/c27-24(28)22-14-18(17-4-5-17)6-7-19(22)12-16-3-8-23-20(13-16)9-11-26(23)21-2-1-10-25-15-21/h1-3,6-11,13-15,17H,4-5,12H2,(H,27,28). The van der Waals surface area contributed by atoms with Crippen LogP contribution in [0.4, 0.5) is 0 Å². The molecular formula is C24H20N2O2. The summed E-state index contributed by atoms with van der Waals surface area (Å²) in [6, 6.07) is 18.3. The Labute approximate surface area is 163 Å². The predicted octanol–water partition coefficient (Wildman–Crippen LogP) is 5.19. The average Bonchev–Trinajstić information content (AvgIpc) is 3.48. The SMILES string of the molecule is O=C(O)c1cc(C2CC2)ccc1Cc1ccc2c(ccn2-c2cccnc2)c1. The molecular weight excluding hydrogens is 348 g/mol. The number of hydrogen-bond acceptors (Lipinski definition) is 2. The quantitative estimate of drug-likeness (QED) is 0.527. The first kappa shape index (κ1) is 16.8. The molecule has 1 aliphatic carbocycles. The number of aromatic nitrogens is 2. The topological polar surface area (TPSA) is 55.1 Å². The zero-order chi connectivity index (χ0) is 19.1. The van der Waals surface area contributed by atoms with E-state index in [1.165, 1.54) is 12.8 Å². The van der Waals surface area contributed by atoms with Gasteiger partial charge in [0.15, 0.2) is 0 Å². The number of benzene rings is 2. The molecule has 0 bridgehead atoms. The second-order valence-corrected chi connectivity index (χ2v) is 7.46. The van der Waals surface area contributed by atoms with Crippen molar-refractivity contribution in [1.29, 1.82) is 0 Å². The highest BCUT2D eigenvalue weighted by Crippen LogP contribution is 2.40. The Morgan fingerprint density at radius 2 is 2.00 bits per heavy atom. The number of carboxylic acid groups (broad SMARTS) is 1. The van der Waals surface area contributed by atoms with Crippen LogP contribution in [0.2, 0.25) is 0 Å². The maximum absolute atomic E-state index is 11.8. The molecule has 4 nitrogen and oxygen atoms in total. The summed E-state index contributed by atoms with van der Waals surface area (Å²) in [5, 5.41) is 10.8. The van der Waals surface area contributed by atoms with Gasteiger partial charge in [-0.2, -0.15) is 0 Å². The van der Waals surface area contributed by atoms with E-state index in [1.807, 2.05) is 36.7 Å². The van der Waals surface area contributed by atoms with E-state index in [2.05, 4.69) is 39.9 Å². The van der Waals surface area contributed by atoms with Gasteiger partial charge in [0.1, 0.15) is 0 Å².